The Morgan fingerprint density at radius 3 is 3.00 bits per heavy atom. The lowest BCUT2D eigenvalue weighted by Gasteiger charge is -2.07. The van der Waals surface area contributed by atoms with Gasteiger partial charge in [0.2, 0.25) is 5.44 Å². The van der Waals surface area contributed by atoms with Gasteiger partial charge in [-0.3, -0.25) is 0 Å². The van der Waals surface area contributed by atoms with E-state index in [-0.39, 0.29) is 17.5 Å². The van der Waals surface area contributed by atoms with Crippen LogP contribution < -0.4 is 0 Å². The van der Waals surface area contributed by atoms with Crippen molar-refractivity contribution in [2.45, 2.75) is 25.4 Å². The van der Waals surface area contributed by atoms with Crippen LogP contribution in [0.15, 0.2) is 0 Å². The fraction of sp³-hybridized carbons (Fsp3) is 0.857. The Hall–Kier alpha value is -0.220. The van der Waals surface area contributed by atoms with Crippen LogP contribution in [0.2, 0.25) is 0 Å². The molecule has 2 atom stereocenters. The molecular weight excluding hydrogens is 164 g/mol. The van der Waals surface area contributed by atoms with Gasteiger partial charge in [-0.15, -0.1) is 11.8 Å². The second-order valence-electron chi connectivity index (χ2n) is 2.36. The molecule has 1 heterocycles. The lowest BCUT2D eigenvalue weighted by atomic mass is 10.5. The highest BCUT2D eigenvalue weighted by Crippen LogP contribution is 2.25. The zero-order valence-corrected chi connectivity index (χ0v) is 7.52. The van der Waals surface area contributed by atoms with E-state index < -0.39 is 0 Å². The summed E-state index contributed by atoms with van der Waals surface area (Å²) in [4.78, 5) is 11.0. The van der Waals surface area contributed by atoms with Gasteiger partial charge in [0.25, 0.3) is 0 Å². The van der Waals surface area contributed by atoms with Gasteiger partial charge in [-0.2, -0.15) is 0 Å². The largest absolute Gasteiger partial charge is 0.463 e. The predicted molar refractivity (Wildman–Crippen MR) is 43.4 cm³/mol. The van der Waals surface area contributed by atoms with E-state index >= 15 is 0 Å². The number of hydrogen-bond acceptors (Lipinski definition) is 4. The molecule has 0 unspecified atom stereocenters. The molecule has 1 rings (SSSR count). The molecule has 1 aliphatic rings. The molecule has 0 N–H and O–H groups in total. The lowest BCUT2D eigenvalue weighted by molar-refractivity contribution is -0.151. The van der Waals surface area contributed by atoms with Crippen molar-refractivity contribution < 1.29 is 14.3 Å². The van der Waals surface area contributed by atoms with E-state index in [9.17, 15) is 4.79 Å². The number of esters is 1. The van der Waals surface area contributed by atoms with Crippen molar-refractivity contribution in [2.24, 2.45) is 0 Å². The summed E-state index contributed by atoms with van der Waals surface area (Å²) in [7, 11) is 0. The topological polar surface area (TPSA) is 35.5 Å². The minimum absolute atomic E-state index is 0.175. The van der Waals surface area contributed by atoms with Crippen LogP contribution in [-0.4, -0.2) is 29.9 Å². The molecule has 0 aromatic carbocycles. The molecule has 0 bridgehead atoms. The zero-order valence-electron chi connectivity index (χ0n) is 6.70. The molecule has 4 heteroatoms. The van der Waals surface area contributed by atoms with Crippen molar-refractivity contribution in [3.8, 4) is 0 Å². The van der Waals surface area contributed by atoms with Gasteiger partial charge in [0.05, 0.1) is 12.7 Å². The average molecular weight is 176 g/mol. The molecule has 0 aromatic heterocycles. The van der Waals surface area contributed by atoms with Crippen molar-refractivity contribution in [3.05, 3.63) is 0 Å². The van der Waals surface area contributed by atoms with E-state index in [1.165, 1.54) is 11.8 Å². The van der Waals surface area contributed by atoms with Crippen LogP contribution in [0, 0.1) is 0 Å². The Morgan fingerprint density at radius 2 is 2.55 bits per heavy atom. The molecule has 64 valence electrons. The van der Waals surface area contributed by atoms with E-state index in [0.29, 0.717) is 6.61 Å². The summed E-state index contributed by atoms with van der Waals surface area (Å²) in [6, 6.07) is 0. The second-order valence-corrected chi connectivity index (χ2v) is 3.46. The minimum Gasteiger partial charge on any atom is -0.463 e. The molecule has 1 saturated heterocycles. The third-order valence-electron chi connectivity index (χ3n) is 1.32. The van der Waals surface area contributed by atoms with Crippen molar-refractivity contribution >= 4 is 17.7 Å². The summed E-state index contributed by atoms with van der Waals surface area (Å²) >= 11 is 1.50. The first-order chi connectivity index (χ1) is 5.24. The van der Waals surface area contributed by atoms with E-state index in [1.807, 2.05) is 6.92 Å². The summed E-state index contributed by atoms with van der Waals surface area (Å²) in [5, 5.41) is 0. The minimum atomic E-state index is -0.384. The first kappa shape index (κ1) is 8.87. The first-order valence-corrected chi connectivity index (χ1v) is 4.72. The third-order valence-corrected chi connectivity index (χ3v) is 2.59. The number of ether oxygens (including phenoxy) is 2. The van der Waals surface area contributed by atoms with Gasteiger partial charge in [0.15, 0.2) is 0 Å². The van der Waals surface area contributed by atoms with Crippen LogP contribution in [0.4, 0.5) is 0 Å². The summed E-state index contributed by atoms with van der Waals surface area (Å²) in [5.41, 5.74) is -0.384. The summed E-state index contributed by atoms with van der Waals surface area (Å²) in [5.74, 6) is 0.630. The maximum absolute atomic E-state index is 11.0. The lowest BCUT2D eigenvalue weighted by Crippen LogP contribution is -2.21. The summed E-state index contributed by atoms with van der Waals surface area (Å²) in [6.45, 7) is 4.17. The van der Waals surface area contributed by atoms with E-state index in [0.717, 1.165) is 5.75 Å². The Labute approximate surface area is 70.4 Å². The van der Waals surface area contributed by atoms with Crippen molar-refractivity contribution in [1.82, 2.24) is 0 Å². The zero-order chi connectivity index (χ0) is 8.27. The average Bonchev–Trinajstić information content (AvgIpc) is 2.36. The molecule has 11 heavy (non-hydrogen) atoms. The van der Waals surface area contributed by atoms with Crippen LogP contribution in [0.5, 0.6) is 0 Å². The van der Waals surface area contributed by atoms with Crippen LogP contribution in [0.25, 0.3) is 0 Å². The molecular formula is C7H12O3S. The van der Waals surface area contributed by atoms with Crippen LogP contribution in [0.1, 0.15) is 13.8 Å². The monoisotopic (exact) mass is 176 g/mol. The van der Waals surface area contributed by atoms with Gasteiger partial charge < -0.3 is 9.47 Å². The summed E-state index contributed by atoms with van der Waals surface area (Å²) in [6.07, 6.45) is 0.175. The quantitative estimate of drug-likeness (QED) is 0.589. The van der Waals surface area contributed by atoms with Crippen molar-refractivity contribution in [1.29, 1.82) is 0 Å². The maximum Gasteiger partial charge on any atom is 0.345 e. The van der Waals surface area contributed by atoms with E-state index in [1.54, 1.807) is 6.92 Å². The first-order valence-electron chi connectivity index (χ1n) is 3.67. The highest BCUT2D eigenvalue weighted by molar-refractivity contribution is 8.00. The Morgan fingerprint density at radius 1 is 1.82 bits per heavy atom. The fourth-order valence-corrected chi connectivity index (χ4v) is 1.84. The third kappa shape index (κ3) is 2.38. The van der Waals surface area contributed by atoms with Crippen LogP contribution in [0.3, 0.4) is 0 Å². The number of rotatable bonds is 2. The molecule has 3 nitrogen and oxygen atoms in total. The second kappa shape index (κ2) is 3.97. The highest BCUT2D eigenvalue weighted by Gasteiger charge is 2.29. The standard InChI is InChI=1S/C7H12O3S/c1-3-9-6(8)7-10-5(2)4-11-7/h5,7H,3-4H2,1-2H3/t5-,7-/m0/s1. The van der Waals surface area contributed by atoms with Gasteiger partial charge in [-0.05, 0) is 13.8 Å². The van der Waals surface area contributed by atoms with Gasteiger partial charge in [0, 0.05) is 5.75 Å². The number of carbonyl (C=O) groups excluding carboxylic acids is 1. The molecule has 1 aliphatic heterocycles. The van der Waals surface area contributed by atoms with Crippen molar-refractivity contribution in [2.75, 3.05) is 12.4 Å². The number of hydrogen-bond donors (Lipinski definition) is 0. The normalized spacial score (nSPS) is 30.4. The smallest absolute Gasteiger partial charge is 0.345 e. The Bertz CT molecular complexity index is 149. The highest BCUT2D eigenvalue weighted by atomic mass is 32.2. The SMILES string of the molecule is CCOC(=O)[C@H]1O[C@@H](C)CS1. The maximum atomic E-state index is 11.0. The van der Waals surface area contributed by atoms with Crippen LogP contribution in [-0.2, 0) is 14.3 Å². The molecule has 0 radical (unpaired) electrons. The Balaban J connectivity index is 2.31. The molecule has 0 amide bonds. The molecule has 0 aliphatic carbocycles. The summed E-state index contributed by atoms with van der Waals surface area (Å²) < 4.78 is 10.1. The molecule has 0 saturated carbocycles. The van der Waals surface area contributed by atoms with E-state index in [4.69, 9.17) is 9.47 Å². The Kier molecular flexibility index (Phi) is 3.20. The van der Waals surface area contributed by atoms with Gasteiger partial charge >= 0.3 is 5.97 Å². The van der Waals surface area contributed by atoms with Gasteiger partial charge in [0.1, 0.15) is 0 Å². The molecule has 1 fully saturated rings. The number of thioether (sulfide) groups is 1. The fourth-order valence-electron chi connectivity index (χ4n) is 0.846. The van der Waals surface area contributed by atoms with Crippen LogP contribution >= 0.6 is 11.8 Å². The predicted octanol–water partition coefficient (Wildman–Crippen LogP) is 1.03. The molecule has 0 aromatic rings. The number of carbonyl (C=O) groups is 1. The van der Waals surface area contributed by atoms with Gasteiger partial charge in [-0.1, -0.05) is 0 Å². The van der Waals surface area contributed by atoms with Crippen molar-refractivity contribution in [3.63, 3.8) is 0 Å². The van der Waals surface area contributed by atoms with E-state index in [2.05, 4.69) is 0 Å². The van der Waals surface area contributed by atoms with Gasteiger partial charge in [-0.25, -0.2) is 4.79 Å². The molecule has 0 spiro atoms.